The van der Waals surface area contributed by atoms with Gasteiger partial charge < -0.3 is 15.7 Å². The third-order valence-corrected chi connectivity index (χ3v) is 7.08. The number of amides is 1. The number of nitrogens with zero attached hydrogens (tertiary/aromatic N) is 2. The molecule has 3 aromatic rings. The van der Waals surface area contributed by atoms with Gasteiger partial charge in [-0.05, 0) is 64.8 Å². The summed E-state index contributed by atoms with van der Waals surface area (Å²) >= 11 is 0. The van der Waals surface area contributed by atoms with Crippen LogP contribution in [0.4, 0.5) is 11.5 Å². The van der Waals surface area contributed by atoms with E-state index >= 15 is 0 Å². The maximum atomic E-state index is 13.3. The van der Waals surface area contributed by atoms with Crippen molar-refractivity contribution < 1.29 is 18.3 Å². The van der Waals surface area contributed by atoms with Crippen molar-refractivity contribution >= 4 is 27.4 Å². The molecule has 198 valence electrons. The summed E-state index contributed by atoms with van der Waals surface area (Å²) in [7, 11) is -3.78. The first-order valence-electron chi connectivity index (χ1n) is 12.0. The van der Waals surface area contributed by atoms with Crippen LogP contribution >= 0.6 is 0 Å². The molecule has 0 aliphatic heterocycles. The fourth-order valence-corrected chi connectivity index (χ4v) is 4.96. The van der Waals surface area contributed by atoms with Crippen molar-refractivity contribution in [3.8, 4) is 11.3 Å². The van der Waals surface area contributed by atoms with E-state index in [9.17, 15) is 18.3 Å². The molecular formula is C27H35N5O4S. The van der Waals surface area contributed by atoms with Crippen LogP contribution in [-0.2, 0) is 16.4 Å². The number of aryl methyl sites for hydroxylation is 1. The van der Waals surface area contributed by atoms with Crippen LogP contribution in [0.15, 0.2) is 59.6 Å². The molecule has 0 saturated heterocycles. The van der Waals surface area contributed by atoms with Crippen LogP contribution in [0.1, 0.15) is 57.6 Å². The number of aliphatic hydroxyl groups is 1. The maximum Gasteiger partial charge on any atom is 0.276 e. The van der Waals surface area contributed by atoms with E-state index in [-0.39, 0.29) is 17.2 Å². The molecule has 37 heavy (non-hydrogen) atoms. The van der Waals surface area contributed by atoms with E-state index in [1.807, 2.05) is 38.1 Å². The second kappa shape index (κ2) is 11.0. The predicted octanol–water partition coefficient (Wildman–Crippen LogP) is 4.22. The Balaban J connectivity index is 1.98. The van der Waals surface area contributed by atoms with E-state index in [4.69, 9.17) is 0 Å². The quantitative estimate of drug-likeness (QED) is 0.329. The molecule has 10 heteroatoms. The van der Waals surface area contributed by atoms with E-state index in [0.29, 0.717) is 22.8 Å². The van der Waals surface area contributed by atoms with Gasteiger partial charge in [0.15, 0.2) is 5.69 Å². The van der Waals surface area contributed by atoms with Gasteiger partial charge in [-0.3, -0.25) is 4.79 Å². The van der Waals surface area contributed by atoms with Gasteiger partial charge in [0.2, 0.25) is 10.0 Å². The average Bonchev–Trinajstić information content (AvgIpc) is 2.82. The molecule has 0 saturated carbocycles. The zero-order chi connectivity index (χ0) is 27.4. The molecule has 1 aromatic heterocycles. The Bertz CT molecular complexity index is 1360. The smallest absolute Gasteiger partial charge is 0.276 e. The van der Waals surface area contributed by atoms with Crippen molar-refractivity contribution in [2.45, 2.75) is 63.9 Å². The third-order valence-electron chi connectivity index (χ3n) is 5.33. The fraction of sp³-hybridized carbons (Fsp3) is 0.370. The van der Waals surface area contributed by atoms with Crippen LogP contribution in [0.5, 0.6) is 0 Å². The van der Waals surface area contributed by atoms with Crippen LogP contribution in [0.3, 0.4) is 0 Å². The van der Waals surface area contributed by atoms with Crippen LogP contribution in [0.25, 0.3) is 11.3 Å². The van der Waals surface area contributed by atoms with Crippen LogP contribution < -0.4 is 15.4 Å². The number of hydrogen-bond acceptors (Lipinski definition) is 7. The van der Waals surface area contributed by atoms with Gasteiger partial charge in [-0.15, -0.1) is 0 Å². The van der Waals surface area contributed by atoms with Gasteiger partial charge in [-0.2, -0.15) is 0 Å². The highest BCUT2D eigenvalue weighted by atomic mass is 32.2. The Morgan fingerprint density at radius 3 is 2.30 bits per heavy atom. The summed E-state index contributed by atoms with van der Waals surface area (Å²) in [4.78, 5) is 22.4. The summed E-state index contributed by atoms with van der Waals surface area (Å²) in [6.07, 6.45) is 2.30. The van der Waals surface area contributed by atoms with Crippen molar-refractivity contribution in [2.24, 2.45) is 0 Å². The number of aliphatic hydroxyl groups excluding tert-OH is 1. The number of carbonyl (C=O) groups is 1. The van der Waals surface area contributed by atoms with E-state index in [0.717, 1.165) is 12.0 Å². The summed E-state index contributed by atoms with van der Waals surface area (Å²) in [6.45, 7) is 10.8. The molecule has 2 aromatic carbocycles. The first kappa shape index (κ1) is 28.2. The van der Waals surface area contributed by atoms with E-state index in [1.54, 1.807) is 32.9 Å². The first-order chi connectivity index (χ1) is 17.2. The van der Waals surface area contributed by atoms with E-state index < -0.39 is 27.0 Å². The fourth-order valence-electron chi connectivity index (χ4n) is 3.49. The second-order valence-electron chi connectivity index (χ2n) is 10.5. The number of carbonyl (C=O) groups excluding carboxylic acids is 1. The lowest BCUT2D eigenvalue weighted by Crippen LogP contribution is -2.40. The van der Waals surface area contributed by atoms with Gasteiger partial charge >= 0.3 is 0 Å². The SMILES string of the molecule is CCc1ccc(-c2nc(NC(C)(C)CO)cnc2C(=O)Nc2cccc(S(=O)(=O)NC(C)(C)C)c2)cc1. The summed E-state index contributed by atoms with van der Waals surface area (Å²) < 4.78 is 28.1. The molecule has 0 bridgehead atoms. The van der Waals surface area contributed by atoms with Crippen LogP contribution in [0, 0.1) is 0 Å². The van der Waals surface area contributed by atoms with Crippen LogP contribution in [-0.4, -0.2) is 47.1 Å². The minimum Gasteiger partial charge on any atom is -0.394 e. The van der Waals surface area contributed by atoms with Crippen molar-refractivity contribution in [1.29, 1.82) is 0 Å². The lowest BCUT2D eigenvalue weighted by Gasteiger charge is -2.24. The molecule has 0 spiro atoms. The second-order valence-corrected chi connectivity index (χ2v) is 12.2. The Morgan fingerprint density at radius 2 is 1.70 bits per heavy atom. The lowest BCUT2D eigenvalue weighted by molar-refractivity contribution is 0.102. The summed E-state index contributed by atoms with van der Waals surface area (Å²) in [5, 5.41) is 15.5. The highest BCUT2D eigenvalue weighted by molar-refractivity contribution is 7.89. The molecule has 1 heterocycles. The Hall–Kier alpha value is -3.34. The van der Waals surface area contributed by atoms with Gasteiger partial charge in [0.1, 0.15) is 11.5 Å². The summed E-state index contributed by atoms with van der Waals surface area (Å²) in [5.41, 5.74) is 1.28. The van der Waals surface area contributed by atoms with E-state index in [2.05, 4.69) is 32.2 Å². The monoisotopic (exact) mass is 525 g/mol. The average molecular weight is 526 g/mol. The van der Waals surface area contributed by atoms with Gasteiger partial charge in [0, 0.05) is 16.8 Å². The molecule has 1 amide bonds. The number of anilines is 2. The predicted molar refractivity (Wildman–Crippen MR) is 146 cm³/mol. The summed E-state index contributed by atoms with van der Waals surface area (Å²) in [6, 6.07) is 13.7. The number of aromatic nitrogens is 2. The topological polar surface area (TPSA) is 133 Å². The zero-order valence-corrected chi connectivity index (χ0v) is 22.9. The number of sulfonamides is 1. The van der Waals surface area contributed by atoms with Gasteiger partial charge in [0.25, 0.3) is 5.91 Å². The number of rotatable bonds is 9. The molecule has 0 aliphatic rings. The Labute approximate surface area is 218 Å². The van der Waals surface area contributed by atoms with Gasteiger partial charge in [-0.25, -0.2) is 23.1 Å². The minimum atomic E-state index is -3.78. The number of nitrogens with one attached hydrogen (secondary N) is 3. The highest BCUT2D eigenvalue weighted by Crippen LogP contribution is 2.25. The van der Waals surface area contributed by atoms with Crippen LogP contribution in [0.2, 0.25) is 0 Å². The zero-order valence-electron chi connectivity index (χ0n) is 22.1. The van der Waals surface area contributed by atoms with Crippen molar-refractivity contribution in [2.75, 3.05) is 17.2 Å². The van der Waals surface area contributed by atoms with Crippen molar-refractivity contribution in [1.82, 2.24) is 14.7 Å². The largest absolute Gasteiger partial charge is 0.394 e. The molecule has 0 unspecified atom stereocenters. The molecule has 0 fully saturated rings. The van der Waals surface area contributed by atoms with E-state index in [1.165, 1.54) is 18.3 Å². The Kier molecular flexibility index (Phi) is 8.36. The molecule has 0 radical (unpaired) electrons. The molecular weight excluding hydrogens is 490 g/mol. The standard InChI is InChI=1S/C27H35N5O4S/c1-7-18-11-13-19(14-12-18)23-24(28-16-22(30-23)31-27(5,6)17-33)25(34)29-20-9-8-10-21(15-20)37(35,36)32-26(2,3)4/h8-16,32-33H,7,17H2,1-6H3,(H,29,34)(H,30,31). The normalized spacial score (nSPS) is 12.3. The summed E-state index contributed by atoms with van der Waals surface area (Å²) in [5.74, 6) is -0.125. The molecule has 4 N–H and O–H groups in total. The highest BCUT2D eigenvalue weighted by Gasteiger charge is 2.24. The minimum absolute atomic E-state index is 0.0347. The maximum absolute atomic E-state index is 13.3. The van der Waals surface area contributed by atoms with Crippen molar-refractivity contribution in [3.05, 3.63) is 66.0 Å². The molecule has 3 rings (SSSR count). The third kappa shape index (κ3) is 7.58. The molecule has 0 aliphatic carbocycles. The lowest BCUT2D eigenvalue weighted by atomic mass is 10.0. The molecule has 9 nitrogen and oxygen atoms in total. The van der Waals surface area contributed by atoms with Gasteiger partial charge in [0.05, 0.1) is 23.2 Å². The first-order valence-corrected chi connectivity index (χ1v) is 13.5. The van der Waals surface area contributed by atoms with Gasteiger partial charge in [-0.1, -0.05) is 37.3 Å². The molecule has 0 atom stereocenters. The number of hydrogen-bond donors (Lipinski definition) is 4. The Morgan fingerprint density at radius 1 is 1.03 bits per heavy atom. The van der Waals surface area contributed by atoms with Crippen molar-refractivity contribution in [3.63, 3.8) is 0 Å². The number of benzene rings is 2.